The third kappa shape index (κ3) is 2.47. The lowest BCUT2D eigenvalue weighted by atomic mass is 9.46. The lowest BCUT2D eigenvalue weighted by Crippen LogP contribution is -2.53. The van der Waals surface area contributed by atoms with Gasteiger partial charge in [0.1, 0.15) is 0 Å². The quantitative estimate of drug-likeness (QED) is 0.421. The normalized spacial score (nSPS) is 26.2. The van der Waals surface area contributed by atoms with Crippen LogP contribution in [-0.4, -0.2) is 24.4 Å². The zero-order chi connectivity index (χ0) is 23.6. The maximum Gasteiger partial charge on any atom is 0.338 e. The average molecular weight is 452 g/mol. The molecule has 2 atom stereocenters. The summed E-state index contributed by atoms with van der Waals surface area (Å²) in [6, 6.07) is 23.2. The van der Waals surface area contributed by atoms with Gasteiger partial charge in [-0.25, -0.2) is 9.69 Å². The van der Waals surface area contributed by atoms with E-state index in [-0.39, 0.29) is 24.3 Å². The summed E-state index contributed by atoms with van der Waals surface area (Å²) in [5.41, 5.74) is 4.80. The molecule has 3 aromatic carbocycles. The Morgan fingerprint density at radius 3 is 2.15 bits per heavy atom. The molecule has 1 heterocycles. The Bertz CT molecular complexity index is 1310. The number of esters is 1. The van der Waals surface area contributed by atoms with Crippen molar-refractivity contribution in [3.8, 4) is 0 Å². The molecular formula is C29H25NO4. The Morgan fingerprint density at radius 1 is 0.882 bits per heavy atom. The molecule has 0 N–H and O–H groups in total. The number of hydrogen-bond acceptors (Lipinski definition) is 4. The van der Waals surface area contributed by atoms with Gasteiger partial charge in [-0.2, -0.15) is 0 Å². The van der Waals surface area contributed by atoms with Crippen molar-refractivity contribution in [1.82, 2.24) is 0 Å². The molecule has 2 bridgehead atoms. The fourth-order valence-electron chi connectivity index (χ4n) is 6.77. The van der Waals surface area contributed by atoms with Crippen LogP contribution < -0.4 is 4.90 Å². The SMILES string of the molecule is CCOC(=O)c1cccc(N2C(=O)C3C4c5ccccc5C(CC)(c5ccccc54)C3C2=O)c1. The smallest absolute Gasteiger partial charge is 0.338 e. The molecule has 2 unspecified atom stereocenters. The van der Waals surface area contributed by atoms with E-state index in [1.165, 1.54) is 4.90 Å². The molecule has 7 rings (SSSR count). The fourth-order valence-corrected chi connectivity index (χ4v) is 6.77. The Labute approximate surface area is 198 Å². The minimum atomic E-state index is -0.563. The molecule has 1 saturated heterocycles. The molecule has 0 saturated carbocycles. The molecule has 0 spiro atoms. The minimum absolute atomic E-state index is 0.166. The number of hydrogen-bond donors (Lipinski definition) is 0. The van der Waals surface area contributed by atoms with Gasteiger partial charge in [0.2, 0.25) is 11.8 Å². The summed E-state index contributed by atoms with van der Waals surface area (Å²) in [4.78, 5) is 41.8. The molecule has 1 fully saturated rings. The van der Waals surface area contributed by atoms with Crippen molar-refractivity contribution < 1.29 is 19.1 Å². The van der Waals surface area contributed by atoms with E-state index in [1.54, 1.807) is 31.2 Å². The highest BCUT2D eigenvalue weighted by Gasteiger charge is 2.67. The number of carbonyl (C=O) groups excluding carboxylic acids is 3. The molecule has 34 heavy (non-hydrogen) atoms. The number of rotatable bonds is 4. The van der Waals surface area contributed by atoms with E-state index in [1.807, 2.05) is 24.3 Å². The average Bonchev–Trinajstić information content (AvgIpc) is 3.15. The maximum atomic E-state index is 14.1. The Kier molecular flexibility index (Phi) is 4.53. The monoisotopic (exact) mass is 451 g/mol. The van der Waals surface area contributed by atoms with Crippen molar-refractivity contribution in [2.75, 3.05) is 11.5 Å². The number of imide groups is 1. The highest BCUT2D eigenvalue weighted by atomic mass is 16.5. The van der Waals surface area contributed by atoms with Crippen molar-refractivity contribution in [2.45, 2.75) is 31.6 Å². The highest BCUT2D eigenvalue weighted by molar-refractivity contribution is 6.24. The Morgan fingerprint density at radius 2 is 1.53 bits per heavy atom. The van der Waals surface area contributed by atoms with Gasteiger partial charge in [-0.05, 0) is 53.8 Å². The summed E-state index contributed by atoms with van der Waals surface area (Å²) in [7, 11) is 0. The number of benzene rings is 3. The van der Waals surface area contributed by atoms with Crippen molar-refractivity contribution in [2.24, 2.45) is 11.8 Å². The van der Waals surface area contributed by atoms with Gasteiger partial charge in [0.25, 0.3) is 0 Å². The van der Waals surface area contributed by atoms with Crippen LogP contribution in [0.5, 0.6) is 0 Å². The van der Waals surface area contributed by atoms with Gasteiger partial charge >= 0.3 is 5.97 Å². The summed E-state index contributed by atoms with van der Waals surface area (Å²) in [6.07, 6.45) is 0.713. The van der Waals surface area contributed by atoms with Crippen LogP contribution in [0.3, 0.4) is 0 Å². The predicted octanol–water partition coefficient (Wildman–Crippen LogP) is 4.82. The third-order valence-electron chi connectivity index (χ3n) is 7.97. The molecule has 3 aliphatic carbocycles. The molecule has 2 amide bonds. The van der Waals surface area contributed by atoms with Crippen molar-refractivity contribution in [3.05, 3.63) is 101 Å². The fraction of sp³-hybridized carbons (Fsp3) is 0.276. The number of nitrogens with zero attached hydrogens (tertiary/aromatic N) is 1. The summed E-state index contributed by atoms with van der Waals surface area (Å²) in [5, 5.41) is 0. The number of amides is 2. The highest BCUT2D eigenvalue weighted by Crippen LogP contribution is 2.65. The van der Waals surface area contributed by atoms with Crippen LogP contribution in [0.4, 0.5) is 5.69 Å². The minimum Gasteiger partial charge on any atom is -0.462 e. The zero-order valence-electron chi connectivity index (χ0n) is 19.2. The second-order valence-corrected chi connectivity index (χ2v) is 9.26. The van der Waals surface area contributed by atoms with Crippen molar-refractivity contribution >= 4 is 23.5 Å². The first-order chi connectivity index (χ1) is 16.5. The summed E-state index contributed by atoms with van der Waals surface area (Å²) in [5.74, 6) is -1.96. The van der Waals surface area contributed by atoms with Gasteiger partial charge in [-0.3, -0.25) is 9.59 Å². The molecule has 5 heteroatoms. The van der Waals surface area contributed by atoms with E-state index < -0.39 is 23.2 Å². The van der Waals surface area contributed by atoms with E-state index in [9.17, 15) is 14.4 Å². The second-order valence-electron chi connectivity index (χ2n) is 9.26. The maximum absolute atomic E-state index is 14.1. The topological polar surface area (TPSA) is 63.7 Å². The Balaban J connectivity index is 1.54. The van der Waals surface area contributed by atoms with Crippen molar-refractivity contribution in [3.63, 3.8) is 0 Å². The van der Waals surface area contributed by atoms with Gasteiger partial charge in [-0.1, -0.05) is 61.5 Å². The van der Waals surface area contributed by atoms with Gasteiger partial charge in [0, 0.05) is 11.3 Å². The van der Waals surface area contributed by atoms with E-state index in [0.29, 0.717) is 17.7 Å². The van der Waals surface area contributed by atoms with Crippen LogP contribution in [0.25, 0.3) is 0 Å². The largest absolute Gasteiger partial charge is 0.462 e. The molecule has 5 nitrogen and oxygen atoms in total. The van der Waals surface area contributed by atoms with Gasteiger partial charge in [0.05, 0.1) is 29.7 Å². The van der Waals surface area contributed by atoms with Gasteiger partial charge < -0.3 is 4.74 Å². The molecule has 1 aliphatic heterocycles. The van der Waals surface area contributed by atoms with Crippen LogP contribution in [0, 0.1) is 11.8 Å². The number of carbonyl (C=O) groups is 3. The first-order valence-corrected chi connectivity index (χ1v) is 11.9. The summed E-state index contributed by atoms with van der Waals surface area (Å²) in [6.45, 7) is 4.11. The van der Waals surface area contributed by atoms with Crippen LogP contribution in [0.2, 0.25) is 0 Å². The molecule has 170 valence electrons. The standard InChI is InChI=1S/C29H25NO4/c1-3-29-21-14-7-5-12-19(21)23(20-13-6-8-15-22(20)29)24-25(29)27(32)30(26(24)31)18-11-9-10-17(16-18)28(33)34-4-2/h5-16,23-25H,3-4H2,1-2H3. The van der Waals surface area contributed by atoms with E-state index in [2.05, 4.69) is 31.2 Å². The second kappa shape index (κ2) is 7.39. The van der Waals surface area contributed by atoms with Crippen LogP contribution in [-0.2, 0) is 19.7 Å². The van der Waals surface area contributed by atoms with E-state index in [0.717, 1.165) is 22.3 Å². The molecular weight excluding hydrogens is 426 g/mol. The molecule has 3 aromatic rings. The molecule has 0 radical (unpaired) electrons. The Hall–Kier alpha value is -3.73. The van der Waals surface area contributed by atoms with E-state index in [4.69, 9.17) is 4.74 Å². The lowest BCUT2D eigenvalue weighted by molar-refractivity contribution is -0.123. The van der Waals surface area contributed by atoms with Crippen LogP contribution in [0.1, 0.15) is 58.8 Å². The summed E-state index contributed by atoms with van der Waals surface area (Å²) >= 11 is 0. The molecule has 0 aromatic heterocycles. The molecule has 4 aliphatic rings. The van der Waals surface area contributed by atoms with Crippen LogP contribution >= 0.6 is 0 Å². The van der Waals surface area contributed by atoms with Gasteiger partial charge in [0.15, 0.2) is 0 Å². The van der Waals surface area contributed by atoms with Gasteiger partial charge in [-0.15, -0.1) is 0 Å². The number of anilines is 1. The lowest BCUT2D eigenvalue weighted by Gasteiger charge is -2.54. The summed E-state index contributed by atoms with van der Waals surface area (Å²) < 4.78 is 5.13. The van der Waals surface area contributed by atoms with E-state index >= 15 is 0 Å². The number of ether oxygens (including phenoxy) is 1. The van der Waals surface area contributed by atoms with Crippen molar-refractivity contribution in [1.29, 1.82) is 0 Å². The first-order valence-electron chi connectivity index (χ1n) is 11.9. The van der Waals surface area contributed by atoms with Crippen LogP contribution in [0.15, 0.2) is 72.8 Å². The first kappa shape index (κ1) is 20.8. The zero-order valence-corrected chi connectivity index (χ0v) is 19.2. The third-order valence-corrected chi connectivity index (χ3v) is 7.97. The predicted molar refractivity (Wildman–Crippen MR) is 128 cm³/mol.